The molecule has 0 saturated carbocycles. The zero-order valence-corrected chi connectivity index (χ0v) is 13.2. The van der Waals surface area contributed by atoms with Crippen LogP contribution in [0.1, 0.15) is 6.92 Å². The van der Waals surface area contributed by atoms with E-state index < -0.39 is 18.0 Å². The highest BCUT2D eigenvalue weighted by molar-refractivity contribution is 6.30. The summed E-state index contributed by atoms with van der Waals surface area (Å²) in [5.74, 6) is -0.511. The van der Waals surface area contributed by atoms with Gasteiger partial charge >= 0.3 is 5.97 Å². The molecule has 2 rings (SSSR count). The lowest BCUT2D eigenvalue weighted by molar-refractivity contribution is -0.155. The summed E-state index contributed by atoms with van der Waals surface area (Å²) in [5, 5.41) is 3.12. The Hall–Kier alpha value is -2.53. The summed E-state index contributed by atoms with van der Waals surface area (Å²) in [6, 6.07) is 15.6. The molecule has 0 aromatic heterocycles. The average molecular weight is 334 g/mol. The molecule has 0 heterocycles. The fourth-order valence-corrected chi connectivity index (χ4v) is 1.94. The van der Waals surface area contributed by atoms with Crippen LogP contribution in [0.2, 0.25) is 5.02 Å². The van der Waals surface area contributed by atoms with Crippen LogP contribution in [0.25, 0.3) is 0 Å². The number of rotatable bonds is 6. The smallest absolute Gasteiger partial charge is 0.344 e. The molecule has 0 unspecified atom stereocenters. The van der Waals surface area contributed by atoms with E-state index in [0.717, 1.165) is 0 Å². The molecular weight excluding hydrogens is 318 g/mol. The van der Waals surface area contributed by atoms with Gasteiger partial charge in [-0.3, -0.25) is 4.79 Å². The third-order valence-corrected chi connectivity index (χ3v) is 3.10. The normalized spacial score (nSPS) is 11.4. The van der Waals surface area contributed by atoms with Crippen molar-refractivity contribution in [3.63, 3.8) is 0 Å². The van der Waals surface area contributed by atoms with Crippen molar-refractivity contribution in [2.24, 2.45) is 0 Å². The molecule has 120 valence electrons. The Bertz CT molecular complexity index is 675. The van der Waals surface area contributed by atoms with Gasteiger partial charge in [-0.15, -0.1) is 0 Å². The van der Waals surface area contributed by atoms with E-state index in [2.05, 4.69) is 5.32 Å². The number of amides is 1. The molecule has 0 radical (unpaired) electrons. The van der Waals surface area contributed by atoms with E-state index in [0.29, 0.717) is 16.5 Å². The van der Waals surface area contributed by atoms with E-state index in [1.807, 2.05) is 6.07 Å². The number of hydrogen-bond donors (Lipinski definition) is 1. The Morgan fingerprint density at radius 3 is 2.57 bits per heavy atom. The Morgan fingerprint density at radius 2 is 1.87 bits per heavy atom. The lowest BCUT2D eigenvalue weighted by Gasteiger charge is -2.14. The van der Waals surface area contributed by atoms with Crippen molar-refractivity contribution >= 4 is 29.2 Å². The molecule has 2 aromatic rings. The summed E-state index contributed by atoms with van der Waals surface area (Å²) < 4.78 is 10.3. The van der Waals surface area contributed by atoms with Gasteiger partial charge in [0.2, 0.25) is 0 Å². The van der Waals surface area contributed by atoms with Gasteiger partial charge in [0.05, 0.1) is 0 Å². The van der Waals surface area contributed by atoms with Gasteiger partial charge in [-0.05, 0) is 37.3 Å². The van der Waals surface area contributed by atoms with Crippen LogP contribution >= 0.6 is 11.6 Å². The molecule has 6 heteroatoms. The van der Waals surface area contributed by atoms with E-state index in [-0.39, 0.29) is 6.61 Å². The molecule has 2 aromatic carbocycles. The van der Waals surface area contributed by atoms with Crippen LogP contribution in [0.4, 0.5) is 5.69 Å². The van der Waals surface area contributed by atoms with Crippen LogP contribution in [0.5, 0.6) is 5.75 Å². The summed E-state index contributed by atoms with van der Waals surface area (Å²) in [6.07, 6.45) is -0.944. The van der Waals surface area contributed by atoms with Crippen molar-refractivity contribution in [1.82, 2.24) is 0 Å². The second-order valence-corrected chi connectivity index (χ2v) is 5.17. The molecule has 5 nitrogen and oxygen atoms in total. The summed E-state index contributed by atoms with van der Waals surface area (Å²) >= 11 is 5.84. The lowest BCUT2D eigenvalue weighted by atomic mass is 10.3. The Morgan fingerprint density at radius 1 is 1.13 bits per heavy atom. The van der Waals surface area contributed by atoms with Gasteiger partial charge in [0.25, 0.3) is 5.91 Å². The minimum Gasteiger partial charge on any atom is -0.482 e. The maximum absolute atomic E-state index is 12.0. The molecule has 1 amide bonds. The first-order valence-corrected chi connectivity index (χ1v) is 7.36. The van der Waals surface area contributed by atoms with Crippen LogP contribution in [-0.4, -0.2) is 24.6 Å². The van der Waals surface area contributed by atoms with E-state index in [9.17, 15) is 9.59 Å². The van der Waals surface area contributed by atoms with E-state index in [4.69, 9.17) is 21.1 Å². The predicted molar refractivity (Wildman–Crippen MR) is 87.6 cm³/mol. The SMILES string of the molecule is C[C@H](OC(=O)COc1ccccc1)C(=O)Nc1cccc(Cl)c1. The molecule has 0 aliphatic rings. The number of hydrogen-bond acceptors (Lipinski definition) is 4. The highest BCUT2D eigenvalue weighted by Crippen LogP contribution is 2.15. The van der Waals surface area contributed by atoms with Crippen LogP contribution in [0.15, 0.2) is 54.6 Å². The van der Waals surface area contributed by atoms with Gasteiger partial charge < -0.3 is 14.8 Å². The number of halogens is 1. The zero-order valence-electron chi connectivity index (χ0n) is 12.5. The molecule has 1 atom stereocenters. The second-order valence-electron chi connectivity index (χ2n) is 4.73. The first-order chi connectivity index (χ1) is 11.0. The molecule has 0 aliphatic carbocycles. The van der Waals surface area contributed by atoms with Crippen molar-refractivity contribution in [2.45, 2.75) is 13.0 Å². The number of nitrogens with one attached hydrogen (secondary N) is 1. The van der Waals surface area contributed by atoms with Gasteiger partial charge in [0.15, 0.2) is 12.7 Å². The van der Waals surface area contributed by atoms with Crippen molar-refractivity contribution < 1.29 is 19.1 Å². The minimum absolute atomic E-state index is 0.265. The fourth-order valence-electron chi connectivity index (χ4n) is 1.75. The maximum Gasteiger partial charge on any atom is 0.344 e. The summed E-state index contributed by atoms with van der Waals surface area (Å²) in [7, 11) is 0. The highest BCUT2D eigenvalue weighted by atomic mass is 35.5. The molecule has 0 saturated heterocycles. The lowest BCUT2D eigenvalue weighted by Crippen LogP contribution is -2.31. The van der Waals surface area contributed by atoms with Crippen LogP contribution in [-0.2, 0) is 14.3 Å². The highest BCUT2D eigenvalue weighted by Gasteiger charge is 2.18. The first kappa shape index (κ1) is 16.8. The van der Waals surface area contributed by atoms with Gasteiger partial charge in [-0.25, -0.2) is 4.79 Å². The summed E-state index contributed by atoms with van der Waals surface area (Å²) in [6.45, 7) is 1.22. The molecule has 1 N–H and O–H groups in total. The van der Waals surface area contributed by atoms with Crippen LogP contribution in [0, 0.1) is 0 Å². The van der Waals surface area contributed by atoms with Gasteiger partial charge in [-0.1, -0.05) is 35.9 Å². The monoisotopic (exact) mass is 333 g/mol. The minimum atomic E-state index is -0.944. The average Bonchev–Trinajstić information content (AvgIpc) is 2.54. The second kappa shape index (κ2) is 8.19. The third-order valence-electron chi connectivity index (χ3n) is 2.87. The Kier molecular flexibility index (Phi) is 6.00. The van der Waals surface area contributed by atoms with Gasteiger partial charge in [0.1, 0.15) is 5.75 Å². The van der Waals surface area contributed by atoms with Crippen molar-refractivity contribution in [3.05, 3.63) is 59.6 Å². The first-order valence-electron chi connectivity index (χ1n) is 6.98. The van der Waals surface area contributed by atoms with Crippen molar-refractivity contribution in [3.8, 4) is 5.75 Å². The molecular formula is C17H16ClNO4. The maximum atomic E-state index is 12.0. The number of ether oxygens (including phenoxy) is 2. The topological polar surface area (TPSA) is 64.6 Å². The zero-order chi connectivity index (χ0) is 16.7. The molecule has 0 bridgehead atoms. The van der Waals surface area contributed by atoms with Crippen LogP contribution < -0.4 is 10.1 Å². The van der Waals surface area contributed by atoms with E-state index in [1.165, 1.54) is 6.92 Å². The third kappa shape index (κ3) is 5.64. The van der Waals surface area contributed by atoms with Crippen molar-refractivity contribution in [1.29, 1.82) is 0 Å². The number of carbonyl (C=O) groups excluding carboxylic acids is 2. The van der Waals surface area contributed by atoms with Gasteiger partial charge in [0, 0.05) is 10.7 Å². The standard InChI is InChI=1S/C17H16ClNO4/c1-12(17(21)19-14-7-5-6-13(18)10-14)23-16(20)11-22-15-8-3-2-4-9-15/h2-10,12H,11H2,1H3,(H,19,21)/t12-/m0/s1. The molecule has 0 spiro atoms. The molecule has 0 aliphatic heterocycles. The summed E-state index contributed by atoms with van der Waals surface area (Å²) in [4.78, 5) is 23.7. The molecule has 23 heavy (non-hydrogen) atoms. The number of para-hydroxylation sites is 1. The quantitative estimate of drug-likeness (QED) is 0.824. The Labute approximate surface area is 139 Å². The largest absolute Gasteiger partial charge is 0.482 e. The van der Waals surface area contributed by atoms with Crippen LogP contribution in [0.3, 0.4) is 0 Å². The van der Waals surface area contributed by atoms with Gasteiger partial charge in [-0.2, -0.15) is 0 Å². The molecule has 0 fully saturated rings. The summed E-state index contributed by atoms with van der Waals surface area (Å²) in [5.41, 5.74) is 0.533. The van der Waals surface area contributed by atoms with Crippen molar-refractivity contribution in [2.75, 3.05) is 11.9 Å². The van der Waals surface area contributed by atoms with E-state index in [1.54, 1.807) is 48.5 Å². The fraction of sp³-hybridized carbons (Fsp3) is 0.176. The predicted octanol–water partition coefficient (Wildman–Crippen LogP) is 3.29. The Balaban J connectivity index is 1.79. The number of anilines is 1. The number of carbonyl (C=O) groups is 2. The van der Waals surface area contributed by atoms with E-state index >= 15 is 0 Å². The number of esters is 1. The number of benzene rings is 2.